The van der Waals surface area contributed by atoms with Gasteiger partial charge in [0.25, 0.3) is 5.91 Å². The summed E-state index contributed by atoms with van der Waals surface area (Å²) < 4.78 is 18.1. The highest BCUT2D eigenvalue weighted by Gasteiger charge is 2.22. The van der Waals surface area contributed by atoms with Gasteiger partial charge in [0, 0.05) is 18.7 Å². The van der Waals surface area contributed by atoms with E-state index in [1.54, 1.807) is 17.9 Å². The Kier molecular flexibility index (Phi) is 8.30. The van der Waals surface area contributed by atoms with Gasteiger partial charge in [0.05, 0.1) is 13.0 Å². The van der Waals surface area contributed by atoms with Crippen molar-refractivity contribution in [2.45, 2.75) is 39.5 Å². The van der Waals surface area contributed by atoms with Gasteiger partial charge in [-0.2, -0.15) is 0 Å². The molecule has 0 spiro atoms. The Balaban J connectivity index is 2.80. The number of halogens is 1. The predicted octanol–water partition coefficient (Wildman–Crippen LogP) is 3.66. The summed E-state index contributed by atoms with van der Waals surface area (Å²) in [6, 6.07) is 5.64. The number of hydrogen-bond donors (Lipinski definition) is 0. The lowest BCUT2D eigenvalue weighted by Gasteiger charge is -2.25. The maximum atomic E-state index is 13.3. The van der Waals surface area contributed by atoms with Crippen LogP contribution < -0.4 is 0 Å². The van der Waals surface area contributed by atoms with Crippen LogP contribution in [0.15, 0.2) is 24.3 Å². The SMILES string of the molecule is CCCCCCN(CC(C)C(=O)OC)C(=O)c1cccc(F)c1. The van der Waals surface area contributed by atoms with Crippen molar-refractivity contribution in [3.05, 3.63) is 35.6 Å². The van der Waals surface area contributed by atoms with Crippen LogP contribution in [0.2, 0.25) is 0 Å². The molecule has 23 heavy (non-hydrogen) atoms. The summed E-state index contributed by atoms with van der Waals surface area (Å²) in [4.78, 5) is 25.8. The van der Waals surface area contributed by atoms with Gasteiger partial charge in [-0.25, -0.2) is 4.39 Å². The van der Waals surface area contributed by atoms with E-state index in [1.807, 2.05) is 0 Å². The highest BCUT2D eigenvalue weighted by molar-refractivity contribution is 5.94. The van der Waals surface area contributed by atoms with Gasteiger partial charge in [-0.1, -0.05) is 39.2 Å². The molecule has 1 unspecified atom stereocenters. The molecule has 0 aliphatic heterocycles. The molecule has 1 amide bonds. The average Bonchev–Trinajstić information content (AvgIpc) is 2.56. The van der Waals surface area contributed by atoms with Crippen LogP contribution in [-0.2, 0) is 9.53 Å². The van der Waals surface area contributed by atoms with Gasteiger partial charge in [-0.15, -0.1) is 0 Å². The third-order valence-electron chi connectivity index (χ3n) is 3.74. The molecule has 1 aromatic rings. The number of esters is 1. The van der Waals surface area contributed by atoms with E-state index in [0.717, 1.165) is 25.7 Å². The smallest absolute Gasteiger partial charge is 0.310 e. The standard InChI is InChI=1S/C18H26FNO3/c1-4-5-6-7-11-20(13-14(2)18(22)23-3)17(21)15-9-8-10-16(19)12-15/h8-10,12,14H,4-7,11,13H2,1-3H3. The Morgan fingerprint density at radius 3 is 2.61 bits per heavy atom. The van der Waals surface area contributed by atoms with Crippen molar-refractivity contribution in [1.82, 2.24) is 4.90 Å². The van der Waals surface area contributed by atoms with E-state index in [2.05, 4.69) is 6.92 Å². The minimum Gasteiger partial charge on any atom is -0.469 e. The number of hydrogen-bond acceptors (Lipinski definition) is 3. The van der Waals surface area contributed by atoms with Crippen LogP contribution in [0.4, 0.5) is 4.39 Å². The molecule has 0 fully saturated rings. The molecule has 1 atom stereocenters. The van der Waals surface area contributed by atoms with Gasteiger partial charge >= 0.3 is 5.97 Å². The van der Waals surface area contributed by atoms with E-state index in [0.29, 0.717) is 12.1 Å². The molecule has 128 valence electrons. The predicted molar refractivity (Wildman–Crippen MR) is 87.6 cm³/mol. The molecule has 5 heteroatoms. The monoisotopic (exact) mass is 323 g/mol. The molecule has 0 heterocycles. The second kappa shape index (κ2) is 9.98. The Morgan fingerprint density at radius 2 is 2.00 bits per heavy atom. The van der Waals surface area contributed by atoms with Crippen molar-refractivity contribution >= 4 is 11.9 Å². The lowest BCUT2D eigenvalue weighted by molar-refractivity contribution is -0.145. The summed E-state index contributed by atoms with van der Waals surface area (Å²) in [5.74, 6) is -1.46. The summed E-state index contributed by atoms with van der Waals surface area (Å²) in [7, 11) is 1.33. The Bertz CT molecular complexity index is 519. The maximum Gasteiger partial charge on any atom is 0.310 e. The second-order valence-corrected chi connectivity index (χ2v) is 5.75. The first-order valence-electron chi connectivity index (χ1n) is 8.12. The molecule has 1 aromatic carbocycles. The average molecular weight is 323 g/mol. The minimum absolute atomic E-state index is 0.253. The summed E-state index contributed by atoms with van der Waals surface area (Å²) >= 11 is 0. The van der Waals surface area contributed by atoms with E-state index in [4.69, 9.17) is 4.74 Å². The molecule has 0 bridgehead atoms. The Morgan fingerprint density at radius 1 is 1.26 bits per heavy atom. The van der Waals surface area contributed by atoms with Gasteiger partial charge in [0.15, 0.2) is 0 Å². The number of carbonyl (C=O) groups excluding carboxylic acids is 2. The third-order valence-corrected chi connectivity index (χ3v) is 3.74. The summed E-state index contributed by atoms with van der Waals surface area (Å²) in [5, 5.41) is 0. The summed E-state index contributed by atoms with van der Waals surface area (Å²) in [6.07, 6.45) is 4.10. The van der Waals surface area contributed by atoms with Crippen LogP contribution in [0.3, 0.4) is 0 Å². The molecule has 4 nitrogen and oxygen atoms in total. The lowest BCUT2D eigenvalue weighted by atomic mass is 10.1. The quantitative estimate of drug-likeness (QED) is 0.515. The first-order valence-corrected chi connectivity index (χ1v) is 8.12. The molecule has 0 aliphatic carbocycles. The number of carbonyl (C=O) groups is 2. The van der Waals surface area contributed by atoms with Crippen LogP contribution in [-0.4, -0.2) is 37.0 Å². The van der Waals surface area contributed by atoms with Crippen LogP contribution in [0, 0.1) is 11.7 Å². The summed E-state index contributed by atoms with van der Waals surface area (Å²) in [5.41, 5.74) is 0.303. The van der Waals surface area contributed by atoms with E-state index in [9.17, 15) is 14.0 Å². The zero-order valence-electron chi connectivity index (χ0n) is 14.2. The number of nitrogens with zero attached hydrogens (tertiary/aromatic N) is 1. The van der Waals surface area contributed by atoms with E-state index in [-0.39, 0.29) is 18.4 Å². The second-order valence-electron chi connectivity index (χ2n) is 5.75. The Hall–Kier alpha value is -1.91. The van der Waals surface area contributed by atoms with Crippen LogP contribution >= 0.6 is 0 Å². The molecule has 0 saturated heterocycles. The van der Waals surface area contributed by atoms with Crippen molar-refractivity contribution in [2.75, 3.05) is 20.2 Å². The molecule has 0 aliphatic rings. The number of methoxy groups -OCH3 is 1. The first kappa shape index (κ1) is 19.1. The molecule has 0 saturated carbocycles. The number of rotatable bonds is 9. The summed E-state index contributed by atoms with van der Waals surface area (Å²) in [6.45, 7) is 4.67. The van der Waals surface area contributed by atoms with E-state index < -0.39 is 11.7 Å². The van der Waals surface area contributed by atoms with Crippen molar-refractivity contribution in [2.24, 2.45) is 5.92 Å². The normalized spacial score (nSPS) is 11.8. The lowest BCUT2D eigenvalue weighted by Crippen LogP contribution is -2.38. The topological polar surface area (TPSA) is 46.6 Å². The molecular weight excluding hydrogens is 297 g/mol. The van der Waals surface area contributed by atoms with Crippen molar-refractivity contribution in [3.63, 3.8) is 0 Å². The van der Waals surface area contributed by atoms with Gasteiger partial charge in [-0.3, -0.25) is 9.59 Å². The minimum atomic E-state index is -0.442. The number of unbranched alkanes of at least 4 members (excludes halogenated alkanes) is 3. The number of benzene rings is 1. The van der Waals surface area contributed by atoms with Gasteiger partial charge in [0.2, 0.25) is 0 Å². The Labute approximate surface area is 137 Å². The van der Waals surface area contributed by atoms with Gasteiger partial charge in [-0.05, 0) is 24.6 Å². The van der Waals surface area contributed by atoms with E-state index in [1.165, 1.54) is 25.3 Å². The van der Waals surface area contributed by atoms with Crippen LogP contribution in [0.25, 0.3) is 0 Å². The van der Waals surface area contributed by atoms with Crippen LogP contribution in [0.1, 0.15) is 49.9 Å². The van der Waals surface area contributed by atoms with Crippen molar-refractivity contribution in [3.8, 4) is 0 Å². The zero-order valence-corrected chi connectivity index (χ0v) is 14.2. The zero-order chi connectivity index (χ0) is 17.2. The molecular formula is C18H26FNO3. The molecule has 0 aromatic heterocycles. The van der Waals surface area contributed by atoms with Crippen LogP contribution in [0.5, 0.6) is 0 Å². The van der Waals surface area contributed by atoms with Crippen molar-refractivity contribution in [1.29, 1.82) is 0 Å². The van der Waals surface area contributed by atoms with Gasteiger partial charge in [0.1, 0.15) is 5.82 Å². The first-order chi connectivity index (χ1) is 11.0. The largest absolute Gasteiger partial charge is 0.469 e. The fraction of sp³-hybridized carbons (Fsp3) is 0.556. The molecule has 0 N–H and O–H groups in total. The fourth-order valence-corrected chi connectivity index (χ4v) is 2.42. The maximum absolute atomic E-state index is 13.3. The number of amides is 1. The highest BCUT2D eigenvalue weighted by Crippen LogP contribution is 2.12. The van der Waals surface area contributed by atoms with Gasteiger partial charge < -0.3 is 9.64 Å². The molecule has 1 rings (SSSR count). The molecule has 0 radical (unpaired) electrons. The van der Waals surface area contributed by atoms with E-state index >= 15 is 0 Å². The van der Waals surface area contributed by atoms with Crippen molar-refractivity contribution < 1.29 is 18.7 Å². The highest BCUT2D eigenvalue weighted by atomic mass is 19.1. The third kappa shape index (κ3) is 6.38. The fourth-order valence-electron chi connectivity index (χ4n) is 2.42. The number of ether oxygens (including phenoxy) is 1.